The van der Waals surface area contributed by atoms with Gasteiger partial charge >= 0.3 is 0 Å². The van der Waals surface area contributed by atoms with E-state index in [1.807, 2.05) is 41.9 Å². The zero-order valence-corrected chi connectivity index (χ0v) is 18.8. The Labute approximate surface area is 193 Å². The van der Waals surface area contributed by atoms with Gasteiger partial charge in [0.25, 0.3) is 5.91 Å². The van der Waals surface area contributed by atoms with E-state index in [0.29, 0.717) is 30.3 Å². The molecule has 8 heteroatoms. The van der Waals surface area contributed by atoms with Gasteiger partial charge in [-0.15, -0.1) is 11.3 Å². The molecule has 0 aliphatic carbocycles. The van der Waals surface area contributed by atoms with Gasteiger partial charge in [0.15, 0.2) is 0 Å². The lowest BCUT2D eigenvalue weighted by Gasteiger charge is -2.21. The Hall–Kier alpha value is -3.78. The molecule has 0 aliphatic heterocycles. The fourth-order valence-electron chi connectivity index (χ4n) is 3.75. The predicted octanol–water partition coefficient (Wildman–Crippen LogP) is 5.42. The van der Waals surface area contributed by atoms with Crippen molar-refractivity contribution in [2.24, 2.45) is 0 Å². The second-order valence-corrected chi connectivity index (χ2v) is 8.83. The first-order valence-corrected chi connectivity index (χ1v) is 11.3. The second kappa shape index (κ2) is 8.99. The Morgan fingerprint density at radius 1 is 1.12 bits per heavy atom. The Kier molecular flexibility index (Phi) is 5.75. The van der Waals surface area contributed by atoms with Crippen molar-refractivity contribution in [2.45, 2.75) is 26.6 Å². The Bertz CT molecular complexity index is 1380. The first kappa shape index (κ1) is 21.1. The molecule has 0 saturated carbocycles. The number of rotatable bonds is 7. The molecule has 0 bridgehead atoms. The number of amides is 1. The zero-order chi connectivity index (χ0) is 22.8. The minimum Gasteiger partial charge on any atom is -0.467 e. The highest BCUT2D eigenvalue weighted by Crippen LogP contribution is 2.30. The number of benzene rings is 1. The number of carbonyl (C=O) groups is 1. The Morgan fingerprint density at radius 2 is 1.97 bits per heavy atom. The van der Waals surface area contributed by atoms with E-state index in [1.54, 1.807) is 35.7 Å². The van der Waals surface area contributed by atoms with Crippen LogP contribution in [0.1, 0.15) is 32.3 Å². The summed E-state index contributed by atoms with van der Waals surface area (Å²) < 4.78 is 20.6. The molecule has 1 amide bonds. The molecule has 6 nitrogen and oxygen atoms in total. The number of nitrogens with zero attached hydrogens (tertiary/aromatic N) is 4. The van der Waals surface area contributed by atoms with Gasteiger partial charge in [-0.05, 0) is 54.4 Å². The third kappa shape index (κ3) is 4.56. The van der Waals surface area contributed by atoms with Crippen LogP contribution in [0.4, 0.5) is 4.39 Å². The molecule has 0 atom stereocenters. The maximum Gasteiger partial charge on any atom is 0.264 e. The zero-order valence-electron chi connectivity index (χ0n) is 17.9. The number of hydrogen-bond donors (Lipinski definition) is 0. The standard InChI is InChI=1S/C25H21FN4O2S/c1-17-22-12-23(33-25(22)30(28-17)15-18-6-8-20(26)9-7-18)24(31)29(16-21-5-3-11-32-21)14-19-4-2-10-27-13-19/h2-13H,14-16H2,1H3. The Morgan fingerprint density at radius 3 is 2.70 bits per heavy atom. The predicted molar refractivity (Wildman–Crippen MR) is 124 cm³/mol. The molecule has 0 unspecified atom stereocenters. The molecular formula is C25H21FN4O2S. The van der Waals surface area contributed by atoms with Crippen molar-refractivity contribution in [3.05, 3.63) is 107 Å². The number of aryl methyl sites for hydroxylation is 1. The van der Waals surface area contributed by atoms with E-state index in [9.17, 15) is 9.18 Å². The third-order valence-corrected chi connectivity index (χ3v) is 6.51. The van der Waals surface area contributed by atoms with Crippen molar-refractivity contribution in [3.63, 3.8) is 0 Å². The number of fused-ring (bicyclic) bond motifs is 1. The molecule has 166 valence electrons. The summed E-state index contributed by atoms with van der Waals surface area (Å²) in [5.74, 6) is 0.367. The maximum absolute atomic E-state index is 13.6. The molecule has 4 heterocycles. The van der Waals surface area contributed by atoms with E-state index >= 15 is 0 Å². The van der Waals surface area contributed by atoms with Gasteiger partial charge in [0, 0.05) is 24.3 Å². The van der Waals surface area contributed by atoms with Crippen LogP contribution < -0.4 is 0 Å². The smallest absolute Gasteiger partial charge is 0.264 e. The summed E-state index contributed by atoms with van der Waals surface area (Å²) in [5, 5.41) is 5.58. The molecule has 0 N–H and O–H groups in total. The largest absolute Gasteiger partial charge is 0.467 e. The van der Waals surface area contributed by atoms with Crippen molar-refractivity contribution in [1.29, 1.82) is 0 Å². The first-order valence-electron chi connectivity index (χ1n) is 10.5. The van der Waals surface area contributed by atoms with E-state index in [1.165, 1.54) is 23.5 Å². The fourth-order valence-corrected chi connectivity index (χ4v) is 4.87. The number of aromatic nitrogens is 3. The number of hydrogen-bond acceptors (Lipinski definition) is 5. The third-order valence-electron chi connectivity index (χ3n) is 5.37. The molecule has 0 radical (unpaired) electrons. The summed E-state index contributed by atoms with van der Waals surface area (Å²) in [7, 11) is 0. The van der Waals surface area contributed by atoms with Gasteiger partial charge in [0.05, 0.1) is 29.9 Å². The van der Waals surface area contributed by atoms with Gasteiger partial charge in [0.1, 0.15) is 16.4 Å². The molecule has 33 heavy (non-hydrogen) atoms. The Balaban J connectivity index is 1.45. The fraction of sp³-hybridized carbons (Fsp3) is 0.160. The van der Waals surface area contributed by atoms with Gasteiger partial charge in [0.2, 0.25) is 0 Å². The van der Waals surface area contributed by atoms with Gasteiger partial charge < -0.3 is 9.32 Å². The quantitative estimate of drug-likeness (QED) is 0.325. The SMILES string of the molecule is Cc1nn(Cc2ccc(F)cc2)c2sc(C(=O)N(Cc3cccnc3)Cc3ccco3)cc12. The van der Waals surface area contributed by atoms with E-state index < -0.39 is 0 Å². The van der Waals surface area contributed by atoms with Crippen LogP contribution in [0.2, 0.25) is 0 Å². The molecule has 0 saturated heterocycles. The van der Waals surface area contributed by atoms with E-state index in [2.05, 4.69) is 10.1 Å². The summed E-state index contributed by atoms with van der Waals surface area (Å²) >= 11 is 1.42. The second-order valence-electron chi connectivity index (χ2n) is 7.80. The molecule has 0 aliphatic rings. The summed E-state index contributed by atoms with van der Waals surface area (Å²) in [4.78, 5) is 21.0. The van der Waals surface area contributed by atoms with Crippen LogP contribution in [-0.4, -0.2) is 25.6 Å². The molecule has 5 aromatic rings. The van der Waals surface area contributed by atoms with Crippen LogP contribution in [0.3, 0.4) is 0 Å². The molecular weight excluding hydrogens is 439 g/mol. The number of halogens is 1. The lowest BCUT2D eigenvalue weighted by molar-refractivity contribution is 0.0722. The lowest BCUT2D eigenvalue weighted by atomic mass is 10.2. The molecule has 1 aromatic carbocycles. The van der Waals surface area contributed by atoms with Crippen molar-refractivity contribution >= 4 is 27.5 Å². The van der Waals surface area contributed by atoms with Crippen molar-refractivity contribution in [2.75, 3.05) is 0 Å². The average Bonchev–Trinajstić information content (AvgIpc) is 3.55. The average molecular weight is 461 g/mol. The van der Waals surface area contributed by atoms with Gasteiger partial charge in [-0.3, -0.25) is 14.5 Å². The lowest BCUT2D eigenvalue weighted by Crippen LogP contribution is -2.29. The molecule has 0 spiro atoms. The van der Waals surface area contributed by atoms with Crippen molar-refractivity contribution < 1.29 is 13.6 Å². The minimum absolute atomic E-state index is 0.0795. The van der Waals surface area contributed by atoms with Crippen LogP contribution in [-0.2, 0) is 19.6 Å². The summed E-state index contributed by atoms with van der Waals surface area (Å²) in [6.07, 6.45) is 5.08. The number of carbonyl (C=O) groups excluding carboxylic acids is 1. The number of furan rings is 1. The van der Waals surface area contributed by atoms with Crippen LogP contribution in [0.15, 0.2) is 77.7 Å². The van der Waals surface area contributed by atoms with Crippen molar-refractivity contribution in [1.82, 2.24) is 19.7 Å². The van der Waals surface area contributed by atoms with E-state index in [4.69, 9.17) is 4.42 Å². The summed E-state index contributed by atoms with van der Waals surface area (Å²) in [6, 6.07) is 15.8. The maximum atomic E-state index is 13.6. The van der Waals surface area contributed by atoms with Crippen LogP contribution in [0.5, 0.6) is 0 Å². The highest BCUT2D eigenvalue weighted by molar-refractivity contribution is 7.20. The molecule has 0 fully saturated rings. The topological polar surface area (TPSA) is 64.2 Å². The monoisotopic (exact) mass is 460 g/mol. The highest BCUT2D eigenvalue weighted by atomic mass is 32.1. The van der Waals surface area contributed by atoms with Crippen molar-refractivity contribution in [3.8, 4) is 0 Å². The normalized spacial score (nSPS) is 11.2. The number of thiophene rings is 1. The van der Waals surface area contributed by atoms with E-state index in [-0.39, 0.29) is 11.7 Å². The van der Waals surface area contributed by atoms with Gasteiger partial charge in [-0.2, -0.15) is 5.10 Å². The molecule has 4 aromatic heterocycles. The highest BCUT2D eigenvalue weighted by Gasteiger charge is 2.22. The van der Waals surface area contributed by atoms with E-state index in [0.717, 1.165) is 27.0 Å². The van der Waals surface area contributed by atoms with Gasteiger partial charge in [-0.1, -0.05) is 18.2 Å². The molecule has 5 rings (SSSR count). The first-order chi connectivity index (χ1) is 16.1. The number of pyridine rings is 1. The van der Waals surface area contributed by atoms with Crippen LogP contribution >= 0.6 is 11.3 Å². The van der Waals surface area contributed by atoms with Crippen LogP contribution in [0.25, 0.3) is 10.2 Å². The van der Waals surface area contributed by atoms with Gasteiger partial charge in [-0.25, -0.2) is 4.39 Å². The summed E-state index contributed by atoms with van der Waals surface area (Å²) in [5.41, 5.74) is 2.74. The van der Waals surface area contributed by atoms with Crippen LogP contribution in [0, 0.1) is 12.7 Å². The summed E-state index contributed by atoms with van der Waals surface area (Å²) in [6.45, 7) is 3.21. The minimum atomic E-state index is -0.269.